The average molecular weight is 400 g/mol. The first-order valence-corrected chi connectivity index (χ1v) is 8.73. The first-order valence-electron chi connectivity index (χ1n) is 7.94. The Morgan fingerprint density at radius 2 is 1.68 bits per heavy atom. The fraction of sp³-hybridized carbons (Fsp3) is 0.158. The van der Waals surface area contributed by atoms with Crippen LogP contribution in [-0.4, -0.2) is 16.4 Å². The molecule has 0 radical (unpaired) electrons. The molecule has 0 spiro atoms. The van der Waals surface area contributed by atoms with Crippen molar-refractivity contribution in [3.05, 3.63) is 59.2 Å². The molecule has 6 heteroatoms. The van der Waals surface area contributed by atoms with Gasteiger partial charge in [0.15, 0.2) is 0 Å². The summed E-state index contributed by atoms with van der Waals surface area (Å²) in [5.74, 6) is -0.175. The van der Waals surface area contributed by atoms with Gasteiger partial charge in [0.2, 0.25) is 11.8 Å². The van der Waals surface area contributed by atoms with Crippen LogP contribution in [0.25, 0.3) is 10.9 Å². The minimum absolute atomic E-state index is 0.0517. The van der Waals surface area contributed by atoms with Crippen molar-refractivity contribution < 1.29 is 9.59 Å². The zero-order valence-corrected chi connectivity index (χ0v) is 15.3. The molecule has 2 amide bonds. The summed E-state index contributed by atoms with van der Waals surface area (Å²) in [7, 11) is 0. The van der Waals surface area contributed by atoms with Crippen LogP contribution in [0.1, 0.15) is 13.3 Å². The van der Waals surface area contributed by atoms with Crippen molar-refractivity contribution in [2.45, 2.75) is 19.9 Å². The van der Waals surface area contributed by atoms with Crippen molar-refractivity contribution in [3.63, 3.8) is 0 Å². The quantitative estimate of drug-likeness (QED) is 0.667. The van der Waals surface area contributed by atoms with Gasteiger partial charge in [-0.2, -0.15) is 0 Å². The van der Waals surface area contributed by atoms with Crippen molar-refractivity contribution in [3.8, 4) is 0 Å². The number of fused-ring (bicyclic) bond motifs is 1. The molecule has 3 rings (SSSR count). The predicted molar refractivity (Wildman–Crippen MR) is 104 cm³/mol. The SMILES string of the molecule is CC(=O)Nc1ccc(NC(=O)CCn2ccc3c(Br)cccc32)cc1. The summed E-state index contributed by atoms with van der Waals surface area (Å²) in [6, 6.07) is 15.1. The molecule has 25 heavy (non-hydrogen) atoms. The number of anilines is 2. The van der Waals surface area contributed by atoms with Crippen molar-refractivity contribution in [2.75, 3.05) is 10.6 Å². The molecule has 0 saturated carbocycles. The van der Waals surface area contributed by atoms with Crippen LogP contribution in [0, 0.1) is 0 Å². The number of carbonyl (C=O) groups excluding carboxylic acids is 2. The van der Waals surface area contributed by atoms with E-state index >= 15 is 0 Å². The van der Waals surface area contributed by atoms with Crippen LogP contribution in [0.4, 0.5) is 11.4 Å². The largest absolute Gasteiger partial charge is 0.347 e. The maximum atomic E-state index is 12.2. The number of carbonyl (C=O) groups is 2. The maximum absolute atomic E-state index is 12.2. The first kappa shape index (κ1) is 17.2. The molecule has 0 saturated heterocycles. The first-order chi connectivity index (χ1) is 12.0. The van der Waals surface area contributed by atoms with Gasteiger partial charge in [0.1, 0.15) is 0 Å². The highest BCUT2D eigenvalue weighted by molar-refractivity contribution is 9.10. The Bertz CT molecular complexity index is 916. The predicted octanol–water partition coefficient (Wildman–Crippen LogP) is 4.39. The Balaban J connectivity index is 1.59. The van der Waals surface area contributed by atoms with E-state index in [1.807, 2.05) is 30.5 Å². The number of benzene rings is 2. The zero-order valence-electron chi connectivity index (χ0n) is 13.8. The van der Waals surface area contributed by atoms with Crippen molar-refractivity contribution in [1.29, 1.82) is 0 Å². The van der Waals surface area contributed by atoms with Crippen LogP contribution in [0.2, 0.25) is 0 Å². The number of amides is 2. The monoisotopic (exact) mass is 399 g/mol. The Kier molecular flexibility index (Phi) is 5.19. The molecule has 0 aliphatic heterocycles. The highest BCUT2D eigenvalue weighted by Gasteiger charge is 2.07. The Labute approximate surface area is 154 Å². The minimum Gasteiger partial charge on any atom is -0.347 e. The topological polar surface area (TPSA) is 63.1 Å². The molecular weight excluding hydrogens is 382 g/mol. The molecule has 128 valence electrons. The van der Waals surface area contributed by atoms with E-state index in [9.17, 15) is 9.59 Å². The van der Waals surface area contributed by atoms with Crippen molar-refractivity contribution in [1.82, 2.24) is 4.57 Å². The van der Waals surface area contributed by atoms with E-state index in [0.717, 1.165) is 15.4 Å². The van der Waals surface area contributed by atoms with Gasteiger partial charge in [0.05, 0.1) is 0 Å². The molecule has 0 aliphatic carbocycles. The fourth-order valence-electron chi connectivity index (χ4n) is 2.67. The smallest absolute Gasteiger partial charge is 0.226 e. The summed E-state index contributed by atoms with van der Waals surface area (Å²) in [6.07, 6.45) is 2.37. The maximum Gasteiger partial charge on any atom is 0.226 e. The lowest BCUT2D eigenvalue weighted by molar-refractivity contribution is -0.116. The zero-order chi connectivity index (χ0) is 17.8. The molecule has 5 nitrogen and oxygen atoms in total. The Hall–Kier alpha value is -2.60. The lowest BCUT2D eigenvalue weighted by atomic mass is 10.2. The van der Waals surface area contributed by atoms with E-state index in [0.29, 0.717) is 24.3 Å². The van der Waals surface area contributed by atoms with Gasteiger partial charge in [0.25, 0.3) is 0 Å². The van der Waals surface area contributed by atoms with Crippen LogP contribution in [-0.2, 0) is 16.1 Å². The molecule has 2 N–H and O–H groups in total. The third kappa shape index (κ3) is 4.28. The van der Waals surface area contributed by atoms with Crippen LogP contribution in [0.5, 0.6) is 0 Å². The summed E-state index contributed by atoms with van der Waals surface area (Å²) in [5, 5.41) is 6.70. The van der Waals surface area contributed by atoms with Gasteiger partial charge in [-0.05, 0) is 42.5 Å². The van der Waals surface area contributed by atoms with Crippen LogP contribution in [0.3, 0.4) is 0 Å². The Morgan fingerprint density at radius 3 is 2.36 bits per heavy atom. The second-order valence-electron chi connectivity index (χ2n) is 5.74. The van der Waals surface area contributed by atoms with E-state index in [4.69, 9.17) is 0 Å². The van der Waals surface area contributed by atoms with Gasteiger partial charge in [-0.15, -0.1) is 0 Å². The normalized spacial score (nSPS) is 10.6. The van der Waals surface area contributed by atoms with E-state index < -0.39 is 0 Å². The second-order valence-corrected chi connectivity index (χ2v) is 6.59. The number of halogens is 1. The molecule has 2 aromatic carbocycles. The molecule has 0 bridgehead atoms. The number of nitrogens with one attached hydrogen (secondary N) is 2. The van der Waals surface area contributed by atoms with Gasteiger partial charge in [-0.1, -0.05) is 22.0 Å². The van der Waals surface area contributed by atoms with E-state index in [1.165, 1.54) is 6.92 Å². The fourth-order valence-corrected chi connectivity index (χ4v) is 3.15. The third-order valence-electron chi connectivity index (χ3n) is 3.83. The second kappa shape index (κ2) is 7.53. The molecular formula is C19H18BrN3O2. The van der Waals surface area contributed by atoms with Gasteiger partial charge in [-0.25, -0.2) is 0 Å². The number of aromatic nitrogens is 1. The van der Waals surface area contributed by atoms with Gasteiger partial charge < -0.3 is 15.2 Å². The molecule has 0 atom stereocenters. The molecule has 1 heterocycles. The molecule has 1 aromatic heterocycles. The van der Waals surface area contributed by atoms with Gasteiger partial charge >= 0.3 is 0 Å². The number of rotatable bonds is 5. The van der Waals surface area contributed by atoms with Crippen molar-refractivity contribution in [2.24, 2.45) is 0 Å². The summed E-state index contributed by atoms with van der Waals surface area (Å²) in [5.41, 5.74) is 2.51. The lowest BCUT2D eigenvalue weighted by Gasteiger charge is -2.08. The minimum atomic E-state index is -0.123. The summed E-state index contributed by atoms with van der Waals surface area (Å²) >= 11 is 3.54. The highest BCUT2D eigenvalue weighted by Crippen LogP contribution is 2.24. The van der Waals surface area contributed by atoms with Crippen LogP contribution in [0.15, 0.2) is 59.2 Å². The molecule has 0 aliphatic rings. The lowest BCUT2D eigenvalue weighted by Crippen LogP contribution is -2.14. The number of aryl methyl sites for hydroxylation is 1. The number of hydrogen-bond donors (Lipinski definition) is 2. The van der Waals surface area contributed by atoms with Crippen molar-refractivity contribution >= 4 is 50.0 Å². The standard InChI is InChI=1S/C19H18BrN3O2/c1-13(24)21-14-5-7-15(8-6-14)22-19(25)10-12-23-11-9-16-17(20)3-2-4-18(16)23/h2-9,11H,10,12H2,1H3,(H,21,24)(H,22,25). The van der Waals surface area contributed by atoms with Gasteiger partial charge in [-0.3, -0.25) is 9.59 Å². The average Bonchev–Trinajstić information content (AvgIpc) is 2.99. The van der Waals surface area contributed by atoms with E-state index in [2.05, 4.69) is 31.1 Å². The summed E-state index contributed by atoms with van der Waals surface area (Å²) in [4.78, 5) is 23.2. The molecule has 0 fully saturated rings. The van der Waals surface area contributed by atoms with Gasteiger partial charge in [0, 0.05) is 52.8 Å². The summed E-state index contributed by atoms with van der Waals surface area (Å²) < 4.78 is 3.12. The van der Waals surface area contributed by atoms with E-state index in [-0.39, 0.29) is 11.8 Å². The van der Waals surface area contributed by atoms with Crippen LogP contribution < -0.4 is 10.6 Å². The highest BCUT2D eigenvalue weighted by atomic mass is 79.9. The number of nitrogens with zero attached hydrogens (tertiary/aromatic N) is 1. The van der Waals surface area contributed by atoms with E-state index in [1.54, 1.807) is 24.3 Å². The third-order valence-corrected chi connectivity index (χ3v) is 4.52. The number of hydrogen-bond acceptors (Lipinski definition) is 2. The summed E-state index contributed by atoms with van der Waals surface area (Å²) in [6.45, 7) is 2.06. The van der Waals surface area contributed by atoms with Crippen LogP contribution >= 0.6 is 15.9 Å². The molecule has 0 unspecified atom stereocenters. The molecule has 3 aromatic rings. The Morgan fingerprint density at radius 1 is 1.00 bits per heavy atom.